The van der Waals surface area contributed by atoms with E-state index in [-0.39, 0.29) is 43.7 Å². The van der Waals surface area contributed by atoms with E-state index in [1.165, 1.54) is 0 Å². The number of amides is 3. The summed E-state index contributed by atoms with van der Waals surface area (Å²) < 4.78 is 0. The Balaban J connectivity index is 1.75. The van der Waals surface area contributed by atoms with E-state index in [9.17, 15) is 19.2 Å². The molecule has 3 N–H and O–H groups in total. The van der Waals surface area contributed by atoms with Crippen LogP contribution in [0.2, 0.25) is 0 Å². The molecule has 0 bridgehead atoms. The summed E-state index contributed by atoms with van der Waals surface area (Å²) in [7, 11) is 1.66. The Morgan fingerprint density at radius 2 is 1.65 bits per heavy atom. The molecule has 210 valence electrons. The molecule has 1 unspecified atom stereocenters. The molecule has 1 aliphatic heterocycles. The number of carboxylic acid groups (broad SMARTS) is 1. The van der Waals surface area contributed by atoms with Crippen LogP contribution in [0.5, 0.6) is 0 Å². The normalized spacial score (nSPS) is 15.9. The molecule has 0 fully saturated rings. The summed E-state index contributed by atoms with van der Waals surface area (Å²) in [4.78, 5) is 54.8. The number of likely N-dealkylation sites (N-methyl/N-ethyl adjacent to an activating group) is 1. The van der Waals surface area contributed by atoms with Gasteiger partial charge in [0.25, 0.3) is 5.91 Å². The van der Waals surface area contributed by atoms with E-state index in [0.717, 1.165) is 21.9 Å². The average Bonchev–Trinajstić information content (AvgIpc) is 3.06. The first kappa shape index (κ1) is 28.8. The lowest BCUT2D eigenvalue weighted by Crippen LogP contribution is -2.55. The SMILES string of the molecule is CNC(C)C(=O)N[C@H]1CN(C(=O)CCCCC(=O)O)c2ccccc2N(Cc2c(C)ccc3ccccc23)C1=O. The highest BCUT2D eigenvalue weighted by molar-refractivity contribution is 6.08. The van der Waals surface area contributed by atoms with Gasteiger partial charge in [-0.25, -0.2) is 0 Å². The van der Waals surface area contributed by atoms with Crippen molar-refractivity contribution in [3.05, 3.63) is 71.8 Å². The Bertz CT molecular complexity index is 1420. The number of aryl methyl sites for hydroxylation is 1. The quantitative estimate of drug-likeness (QED) is 0.335. The Hall–Kier alpha value is -4.24. The van der Waals surface area contributed by atoms with E-state index in [2.05, 4.69) is 16.7 Å². The number of nitrogens with zero attached hydrogens (tertiary/aromatic N) is 2. The summed E-state index contributed by atoms with van der Waals surface area (Å²) in [5, 5.41) is 16.8. The van der Waals surface area contributed by atoms with Crippen LogP contribution in [0.25, 0.3) is 10.8 Å². The number of anilines is 2. The van der Waals surface area contributed by atoms with Gasteiger partial charge in [0.2, 0.25) is 11.8 Å². The highest BCUT2D eigenvalue weighted by Crippen LogP contribution is 2.36. The molecule has 0 aromatic heterocycles. The molecule has 2 atom stereocenters. The summed E-state index contributed by atoms with van der Waals surface area (Å²) in [6, 6.07) is 17.9. The minimum absolute atomic E-state index is 0.0128. The number of hydrogen-bond acceptors (Lipinski definition) is 5. The maximum Gasteiger partial charge on any atom is 0.303 e. The van der Waals surface area contributed by atoms with Gasteiger partial charge in [0.1, 0.15) is 6.04 Å². The van der Waals surface area contributed by atoms with Gasteiger partial charge in [-0.15, -0.1) is 0 Å². The standard InChI is InChI=1S/C31H36N4O5/c1-20-16-17-22-10-4-5-11-23(22)24(20)18-35-27-13-7-6-12-26(27)34(28(36)14-8-9-15-29(37)38)19-25(31(35)40)33-30(39)21(2)32-3/h4-7,10-13,16-17,21,25,32H,8-9,14-15,18-19H2,1-3H3,(H,33,39)(H,37,38)/t21?,25-/m0/s1. The van der Waals surface area contributed by atoms with Crippen molar-refractivity contribution in [2.75, 3.05) is 23.4 Å². The third-order valence-electron chi connectivity index (χ3n) is 7.46. The zero-order valence-electron chi connectivity index (χ0n) is 23.1. The molecule has 1 aliphatic rings. The maximum atomic E-state index is 14.2. The molecule has 9 nitrogen and oxygen atoms in total. The van der Waals surface area contributed by atoms with E-state index in [1.54, 1.807) is 29.8 Å². The third-order valence-corrected chi connectivity index (χ3v) is 7.46. The van der Waals surface area contributed by atoms with Crippen LogP contribution in [-0.4, -0.2) is 54.5 Å². The molecule has 0 aliphatic carbocycles. The Morgan fingerprint density at radius 3 is 2.38 bits per heavy atom. The lowest BCUT2D eigenvalue weighted by Gasteiger charge is -2.27. The fourth-order valence-electron chi connectivity index (χ4n) is 5.02. The van der Waals surface area contributed by atoms with Crippen molar-refractivity contribution in [3.63, 3.8) is 0 Å². The number of unbranched alkanes of at least 4 members (excludes halogenated alkanes) is 1. The van der Waals surface area contributed by atoms with E-state index in [0.29, 0.717) is 24.2 Å². The molecule has 0 saturated heterocycles. The molecule has 0 radical (unpaired) electrons. The van der Waals surface area contributed by atoms with Crippen molar-refractivity contribution in [2.45, 2.75) is 58.2 Å². The minimum atomic E-state index is -0.978. The van der Waals surface area contributed by atoms with Crippen molar-refractivity contribution >= 4 is 45.8 Å². The molecular weight excluding hydrogens is 508 g/mol. The lowest BCUT2D eigenvalue weighted by molar-refractivity contribution is -0.137. The number of benzene rings is 3. The second-order valence-corrected chi connectivity index (χ2v) is 10.2. The highest BCUT2D eigenvalue weighted by atomic mass is 16.4. The first-order valence-electron chi connectivity index (χ1n) is 13.6. The molecule has 4 rings (SSSR count). The third kappa shape index (κ3) is 6.31. The zero-order chi connectivity index (χ0) is 28.8. The van der Waals surface area contributed by atoms with Crippen LogP contribution in [-0.2, 0) is 25.7 Å². The summed E-state index contributed by atoms with van der Waals surface area (Å²) in [5.74, 6) is -1.78. The van der Waals surface area contributed by atoms with Gasteiger partial charge >= 0.3 is 5.97 Å². The van der Waals surface area contributed by atoms with Crippen LogP contribution in [0.3, 0.4) is 0 Å². The van der Waals surface area contributed by atoms with Crippen LogP contribution < -0.4 is 20.4 Å². The lowest BCUT2D eigenvalue weighted by atomic mass is 9.99. The van der Waals surface area contributed by atoms with Gasteiger partial charge < -0.3 is 25.5 Å². The van der Waals surface area contributed by atoms with Crippen LogP contribution in [0.1, 0.15) is 43.7 Å². The van der Waals surface area contributed by atoms with Gasteiger partial charge in [0.05, 0.1) is 30.5 Å². The predicted molar refractivity (Wildman–Crippen MR) is 155 cm³/mol. The molecule has 3 aromatic carbocycles. The van der Waals surface area contributed by atoms with Gasteiger partial charge in [-0.05, 0) is 67.8 Å². The Kier molecular flexibility index (Phi) is 9.16. The number of carboxylic acids is 1. The van der Waals surface area contributed by atoms with Crippen molar-refractivity contribution in [3.8, 4) is 0 Å². The van der Waals surface area contributed by atoms with Gasteiger partial charge in [-0.1, -0.05) is 48.5 Å². The molecule has 1 heterocycles. The van der Waals surface area contributed by atoms with Gasteiger partial charge in [0, 0.05) is 12.8 Å². The van der Waals surface area contributed by atoms with E-state index < -0.39 is 18.1 Å². The average molecular weight is 545 g/mol. The number of nitrogens with one attached hydrogen (secondary N) is 2. The highest BCUT2D eigenvalue weighted by Gasteiger charge is 2.37. The zero-order valence-corrected chi connectivity index (χ0v) is 23.1. The second kappa shape index (κ2) is 12.7. The largest absolute Gasteiger partial charge is 0.481 e. The van der Waals surface area contributed by atoms with E-state index in [1.807, 2.05) is 55.5 Å². The molecule has 0 spiro atoms. The summed E-state index contributed by atoms with van der Waals surface area (Å²) >= 11 is 0. The maximum absolute atomic E-state index is 14.2. The number of carbonyl (C=O) groups excluding carboxylic acids is 3. The smallest absolute Gasteiger partial charge is 0.303 e. The first-order chi connectivity index (χ1) is 19.2. The summed E-state index contributed by atoms with van der Waals surface area (Å²) in [6.45, 7) is 3.95. The fraction of sp³-hybridized carbons (Fsp3) is 0.355. The minimum Gasteiger partial charge on any atom is -0.481 e. The fourth-order valence-corrected chi connectivity index (χ4v) is 5.02. The monoisotopic (exact) mass is 544 g/mol. The molecular formula is C31H36N4O5. The van der Waals surface area contributed by atoms with Crippen molar-refractivity contribution in [2.24, 2.45) is 0 Å². The number of aliphatic carboxylic acids is 1. The molecule has 3 amide bonds. The number of hydrogen-bond donors (Lipinski definition) is 3. The van der Waals surface area contributed by atoms with Gasteiger partial charge in [-0.2, -0.15) is 0 Å². The van der Waals surface area contributed by atoms with Crippen molar-refractivity contribution in [1.82, 2.24) is 10.6 Å². The van der Waals surface area contributed by atoms with E-state index >= 15 is 0 Å². The van der Waals surface area contributed by atoms with Crippen molar-refractivity contribution < 1.29 is 24.3 Å². The van der Waals surface area contributed by atoms with Crippen molar-refractivity contribution in [1.29, 1.82) is 0 Å². The van der Waals surface area contributed by atoms with Crippen LogP contribution >= 0.6 is 0 Å². The van der Waals surface area contributed by atoms with Crippen LogP contribution in [0.4, 0.5) is 11.4 Å². The molecule has 0 saturated carbocycles. The van der Waals surface area contributed by atoms with Gasteiger partial charge in [-0.3, -0.25) is 19.2 Å². The van der Waals surface area contributed by atoms with E-state index in [4.69, 9.17) is 5.11 Å². The number of fused-ring (bicyclic) bond motifs is 2. The summed E-state index contributed by atoms with van der Waals surface area (Å²) in [6.07, 6.45) is 0.902. The topological polar surface area (TPSA) is 119 Å². The number of rotatable bonds is 10. The van der Waals surface area contributed by atoms with Crippen LogP contribution in [0, 0.1) is 6.92 Å². The second-order valence-electron chi connectivity index (χ2n) is 10.2. The molecule has 3 aromatic rings. The number of carbonyl (C=O) groups is 4. The van der Waals surface area contributed by atoms with Crippen LogP contribution in [0.15, 0.2) is 60.7 Å². The Labute approximate surface area is 234 Å². The van der Waals surface area contributed by atoms with Gasteiger partial charge in [0.15, 0.2) is 0 Å². The predicted octanol–water partition coefficient (Wildman–Crippen LogP) is 3.77. The number of para-hydroxylation sites is 2. The summed E-state index contributed by atoms with van der Waals surface area (Å²) in [5.41, 5.74) is 3.18. The molecule has 40 heavy (non-hydrogen) atoms. The molecule has 9 heteroatoms. The Morgan fingerprint density at radius 1 is 0.975 bits per heavy atom. The first-order valence-corrected chi connectivity index (χ1v) is 13.6.